The molecule has 0 spiro atoms. The molecule has 0 aliphatic carbocycles. The van der Waals surface area contributed by atoms with Crippen LogP contribution in [0.3, 0.4) is 0 Å². The Kier molecular flexibility index (Phi) is 8.27. The number of ether oxygens (including phenoxy) is 2. The van der Waals surface area contributed by atoms with E-state index in [-0.39, 0.29) is 0 Å². The van der Waals surface area contributed by atoms with Crippen molar-refractivity contribution in [2.24, 2.45) is 5.73 Å². The second-order valence-electron chi connectivity index (χ2n) is 8.20. The van der Waals surface area contributed by atoms with Crippen LogP contribution >= 0.6 is 0 Å². The van der Waals surface area contributed by atoms with E-state index in [2.05, 4.69) is 41.7 Å². The monoisotopic (exact) mass is 462 g/mol. The average Bonchev–Trinajstić information content (AvgIpc) is 2.81. The molecule has 0 fully saturated rings. The van der Waals surface area contributed by atoms with Crippen LogP contribution in [0.4, 0.5) is 5.69 Å². The molecule has 4 N–H and O–H groups in total. The summed E-state index contributed by atoms with van der Waals surface area (Å²) in [6.07, 6.45) is 0.241. The highest BCUT2D eigenvalue weighted by atomic mass is 16.5. The highest BCUT2D eigenvalue weighted by Gasteiger charge is 2.31. The molecular weight excluding hydrogens is 432 g/mol. The maximum absolute atomic E-state index is 12.4. The maximum Gasteiger partial charge on any atom is 0.305 e. The maximum atomic E-state index is 12.4. The van der Waals surface area contributed by atoms with Crippen LogP contribution < -0.4 is 20.5 Å². The number of benzene rings is 3. The van der Waals surface area contributed by atoms with Gasteiger partial charge in [-0.3, -0.25) is 9.59 Å². The van der Waals surface area contributed by atoms with E-state index in [4.69, 9.17) is 20.3 Å². The first kappa shape index (κ1) is 24.8. The summed E-state index contributed by atoms with van der Waals surface area (Å²) < 4.78 is 11.6. The van der Waals surface area contributed by atoms with Gasteiger partial charge in [0.1, 0.15) is 5.54 Å². The number of hydrogen-bond donors (Lipinski definition) is 3. The van der Waals surface area contributed by atoms with Crippen molar-refractivity contribution in [3.63, 3.8) is 0 Å². The molecule has 7 nitrogen and oxygen atoms in total. The first-order valence-corrected chi connectivity index (χ1v) is 11.1. The lowest BCUT2D eigenvalue weighted by molar-refractivity contribution is -0.140. The number of aliphatic carboxylic acids is 1. The van der Waals surface area contributed by atoms with Gasteiger partial charge in [0.2, 0.25) is 5.91 Å². The second-order valence-corrected chi connectivity index (χ2v) is 8.20. The zero-order chi connectivity index (χ0) is 24.6. The van der Waals surface area contributed by atoms with Crippen molar-refractivity contribution >= 4 is 17.6 Å². The van der Waals surface area contributed by atoms with Crippen LogP contribution in [0.2, 0.25) is 0 Å². The molecule has 1 amide bonds. The first-order valence-electron chi connectivity index (χ1n) is 11.1. The Balaban J connectivity index is 1.61. The standard InChI is InChI=1S/C27H30N2O5/c1-3-33-24-17-22(29-26(32)27(2,28)18-25(30)31)13-14-23(24)34-16-15-19-9-11-21(12-10-19)20-7-5-4-6-8-20/h4-14,17H,3,15-16,18,28H2,1-2H3,(H,29,32)(H,30,31)/t27-/m0/s1. The lowest BCUT2D eigenvalue weighted by Gasteiger charge is -2.22. The summed E-state index contributed by atoms with van der Waals surface area (Å²) in [6, 6.07) is 23.6. The van der Waals surface area contributed by atoms with Gasteiger partial charge in [-0.2, -0.15) is 0 Å². The van der Waals surface area contributed by atoms with Crippen molar-refractivity contribution in [1.29, 1.82) is 0 Å². The predicted octanol–water partition coefficient (Wildman–Crippen LogP) is 4.50. The molecule has 7 heteroatoms. The quantitative estimate of drug-likeness (QED) is 0.387. The number of nitrogens with two attached hydrogens (primary N) is 1. The number of amides is 1. The highest BCUT2D eigenvalue weighted by Crippen LogP contribution is 2.31. The second kappa shape index (κ2) is 11.3. The van der Waals surface area contributed by atoms with Crippen molar-refractivity contribution in [3.05, 3.63) is 78.4 Å². The summed E-state index contributed by atoms with van der Waals surface area (Å²) in [5.41, 5.74) is 8.25. The summed E-state index contributed by atoms with van der Waals surface area (Å²) in [4.78, 5) is 23.3. The molecule has 0 aliphatic heterocycles. The Labute approximate surface area is 199 Å². The topological polar surface area (TPSA) is 111 Å². The lowest BCUT2D eigenvalue weighted by Crippen LogP contribution is -2.49. The number of hydrogen-bond acceptors (Lipinski definition) is 5. The van der Waals surface area contributed by atoms with Crippen LogP contribution in [0.5, 0.6) is 11.5 Å². The Morgan fingerprint density at radius 2 is 1.62 bits per heavy atom. The third kappa shape index (κ3) is 6.83. The van der Waals surface area contributed by atoms with Crippen molar-refractivity contribution in [1.82, 2.24) is 0 Å². The van der Waals surface area contributed by atoms with Crippen molar-refractivity contribution in [3.8, 4) is 22.6 Å². The lowest BCUT2D eigenvalue weighted by atomic mass is 9.98. The van der Waals surface area contributed by atoms with Crippen LogP contribution in [0.15, 0.2) is 72.8 Å². The van der Waals surface area contributed by atoms with Crippen molar-refractivity contribution in [2.45, 2.75) is 32.2 Å². The third-order valence-corrected chi connectivity index (χ3v) is 5.25. The number of carbonyl (C=O) groups excluding carboxylic acids is 1. The fourth-order valence-corrected chi connectivity index (χ4v) is 3.41. The van der Waals surface area contributed by atoms with Gasteiger partial charge in [-0.05, 0) is 42.7 Å². The molecule has 1 atom stereocenters. The zero-order valence-corrected chi connectivity index (χ0v) is 19.4. The summed E-state index contributed by atoms with van der Waals surface area (Å²) in [7, 11) is 0. The van der Waals surface area contributed by atoms with Crippen LogP contribution in [0.1, 0.15) is 25.8 Å². The molecule has 0 bridgehead atoms. The van der Waals surface area contributed by atoms with Gasteiger partial charge in [-0.25, -0.2) is 0 Å². The molecular formula is C27H30N2O5. The minimum atomic E-state index is -1.54. The van der Waals surface area contributed by atoms with Crippen molar-refractivity contribution in [2.75, 3.05) is 18.5 Å². The van der Waals surface area contributed by atoms with Gasteiger partial charge in [-0.15, -0.1) is 0 Å². The van der Waals surface area contributed by atoms with E-state index in [9.17, 15) is 9.59 Å². The van der Waals surface area contributed by atoms with Gasteiger partial charge in [0.05, 0.1) is 19.6 Å². The summed E-state index contributed by atoms with van der Waals surface area (Å²) >= 11 is 0. The molecule has 3 aromatic rings. The molecule has 0 aliphatic rings. The first-order chi connectivity index (χ1) is 16.3. The number of carboxylic acids is 1. The Hall–Kier alpha value is -3.84. The van der Waals surface area contributed by atoms with E-state index < -0.39 is 23.8 Å². The van der Waals surface area contributed by atoms with Crippen LogP contribution in [-0.4, -0.2) is 35.7 Å². The molecule has 3 rings (SSSR count). The molecule has 0 saturated carbocycles. The number of nitrogens with one attached hydrogen (secondary N) is 1. The SMILES string of the molecule is CCOc1cc(NC(=O)[C@@](C)(N)CC(=O)O)ccc1OCCc1ccc(-c2ccccc2)cc1. The third-order valence-electron chi connectivity index (χ3n) is 5.25. The van der Waals surface area contributed by atoms with Crippen molar-refractivity contribution < 1.29 is 24.2 Å². The number of anilines is 1. The summed E-state index contributed by atoms with van der Waals surface area (Å²) in [5, 5.41) is 11.6. The molecule has 0 saturated heterocycles. The molecule has 0 radical (unpaired) electrons. The van der Waals surface area contributed by atoms with Crippen LogP contribution in [0, 0.1) is 0 Å². The van der Waals surface area contributed by atoms with Gasteiger partial charge < -0.3 is 25.6 Å². The molecule has 3 aromatic carbocycles. The minimum absolute atomic E-state index is 0.419. The predicted molar refractivity (Wildman–Crippen MR) is 132 cm³/mol. The smallest absolute Gasteiger partial charge is 0.305 e. The summed E-state index contributed by atoms with van der Waals surface area (Å²) in [6.45, 7) is 4.11. The number of carbonyl (C=O) groups is 2. The Morgan fingerprint density at radius 3 is 2.26 bits per heavy atom. The normalized spacial score (nSPS) is 12.4. The van der Waals surface area contributed by atoms with E-state index in [1.165, 1.54) is 18.1 Å². The van der Waals surface area contributed by atoms with E-state index in [0.29, 0.717) is 30.4 Å². The van der Waals surface area contributed by atoms with Gasteiger partial charge in [0.15, 0.2) is 11.5 Å². The van der Waals surface area contributed by atoms with Gasteiger partial charge in [-0.1, -0.05) is 54.6 Å². The van der Waals surface area contributed by atoms with Crippen LogP contribution in [0.25, 0.3) is 11.1 Å². The summed E-state index contributed by atoms with van der Waals surface area (Å²) in [5.74, 6) is -0.697. The van der Waals surface area contributed by atoms with Gasteiger partial charge >= 0.3 is 5.97 Å². The van der Waals surface area contributed by atoms with E-state index in [1.54, 1.807) is 18.2 Å². The largest absolute Gasteiger partial charge is 0.490 e. The average molecular weight is 463 g/mol. The molecule has 0 heterocycles. The number of carboxylic acid groups (broad SMARTS) is 1. The Bertz CT molecular complexity index is 1110. The molecule has 34 heavy (non-hydrogen) atoms. The van der Waals surface area contributed by atoms with Gasteiger partial charge in [0, 0.05) is 18.2 Å². The molecule has 178 valence electrons. The molecule has 0 unspecified atom stereocenters. The minimum Gasteiger partial charge on any atom is -0.490 e. The van der Waals surface area contributed by atoms with E-state index in [1.807, 2.05) is 25.1 Å². The highest BCUT2D eigenvalue weighted by molar-refractivity contribution is 5.99. The van der Waals surface area contributed by atoms with Crippen LogP contribution in [-0.2, 0) is 16.0 Å². The Morgan fingerprint density at radius 1 is 0.941 bits per heavy atom. The van der Waals surface area contributed by atoms with E-state index >= 15 is 0 Å². The fourth-order valence-electron chi connectivity index (χ4n) is 3.41. The van der Waals surface area contributed by atoms with Gasteiger partial charge in [0.25, 0.3) is 0 Å². The fraction of sp³-hybridized carbons (Fsp3) is 0.259. The van der Waals surface area contributed by atoms with E-state index in [0.717, 1.165) is 12.0 Å². The number of rotatable bonds is 11. The zero-order valence-electron chi connectivity index (χ0n) is 19.4. The molecule has 0 aromatic heterocycles.